The van der Waals surface area contributed by atoms with E-state index in [4.69, 9.17) is 4.74 Å². The smallest absolute Gasteiger partial charge is 0.272 e. The molecule has 2 aromatic carbocycles. The maximum Gasteiger partial charge on any atom is 0.272 e. The average molecular weight is 304 g/mol. The van der Waals surface area contributed by atoms with Crippen molar-refractivity contribution in [2.24, 2.45) is 0 Å². The first-order chi connectivity index (χ1) is 10.4. The molecule has 0 saturated carbocycles. The molecule has 2 rings (SSSR count). The van der Waals surface area contributed by atoms with E-state index >= 15 is 0 Å². The summed E-state index contributed by atoms with van der Waals surface area (Å²) >= 11 is 0. The van der Waals surface area contributed by atoms with E-state index < -0.39 is 10.9 Å². The van der Waals surface area contributed by atoms with Crippen LogP contribution in [0, 0.1) is 0 Å². The Kier molecular flexibility index (Phi) is 4.16. The van der Waals surface area contributed by atoms with Crippen molar-refractivity contribution < 1.29 is 14.6 Å². The van der Waals surface area contributed by atoms with Crippen molar-refractivity contribution in [3.8, 4) is 11.5 Å². The van der Waals surface area contributed by atoms with Crippen LogP contribution in [-0.4, -0.2) is 36.6 Å². The van der Waals surface area contributed by atoms with Gasteiger partial charge in [0, 0.05) is 13.6 Å². The molecule has 0 atom stereocenters. The molecule has 2 N–H and O–H groups in total. The Labute approximate surface area is 126 Å². The number of ether oxygens (including phenoxy) is 1. The molecule has 2 aromatic rings. The Morgan fingerprint density at radius 2 is 2.00 bits per heavy atom. The van der Waals surface area contributed by atoms with Crippen molar-refractivity contribution in [1.29, 1.82) is 0 Å². The van der Waals surface area contributed by atoms with Gasteiger partial charge in [-0.3, -0.25) is 14.4 Å². The van der Waals surface area contributed by atoms with Gasteiger partial charge in [-0.25, -0.2) is 0 Å². The first kappa shape index (κ1) is 15.6. The second-order valence-electron chi connectivity index (χ2n) is 4.71. The lowest BCUT2D eigenvalue weighted by Crippen LogP contribution is -2.34. The zero-order valence-corrected chi connectivity index (χ0v) is 12.5. The van der Waals surface area contributed by atoms with E-state index in [1.54, 1.807) is 13.1 Å². The number of para-hydroxylation sites is 1. The van der Waals surface area contributed by atoms with E-state index in [2.05, 4.69) is 5.32 Å². The molecule has 7 nitrogen and oxygen atoms in total. The summed E-state index contributed by atoms with van der Waals surface area (Å²) in [5.41, 5.74) is -1.22. The highest BCUT2D eigenvalue weighted by Crippen LogP contribution is 2.32. The lowest BCUT2D eigenvalue weighted by Gasteiger charge is -2.18. The number of anilines is 2. The van der Waals surface area contributed by atoms with E-state index in [-0.39, 0.29) is 34.3 Å². The molecule has 0 aliphatic heterocycles. The summed E-state index contributed by atoms with van der Waals surface area (Å²) in [7, 11) is 2.89. The van der Waals surface area contributed by atoms with Crippen LogP contribution in [0.25, 0.3) is 0 Å². The van der Waals surface area contributed by atoms with Crippen molar-refractivity contribution >= 4 is 17.3 Å². The van der Waals surface area contributed by atoms with Gasteiger partial charge >= 0.3 is 0 Å². The first-order valence-electron chi connectivity index (χ1n) is 6.64. The van der Waals surface area contributed by atoms with Gasteiger partial charge in [-0.1, -0.05) is 6.07 Å². The monoisotopic (exact) mass is 304 g/mol. The summed E-state index contributed by atoms with van der Waals surface area (Å²) in [6.07, 6.45) is 0. The van der Waals surface area contributed by atoms with Gasteiger partial charge in [0.15, 0.2) is 11.5 Å². The summed E-state index contributed by atoms with van der Waals surface area (Å²) < 4.78 is 4.82. The first-order valence-corrected chi connectivity index (χ1v) is 6.64. The number of aromatic hydroxyl groups is 1. The largest absolute Gasteiger partial charge is 0.505 e. The molecule has 0 bridgehead atoms. The zero-order chi connectivity index (χ0) is 16.4. The zero-order valence-electron chi connectivity index (χ0n) is 12.5. The number of nitrogens with one attached hydrogen (secondary N) is 1. The number of nitrogens with zero attached hydrogens (tertiary/aromatic N) is 1. The number of rotatable bonds is 5. The van der Waals surface area contributed by atoms with Gasteiger partial charge in [-0.05, 0) is 19.1 Å². The molecule has 22 heavy (non-hydrogen) atoms. The lowest BCUT2D eigenvalue weighted by molar-refractivity contribution is 0.0799. The highest BCUT2D eigenvalue weighted by Gasteiger charge is 2.24. The quantitative estimate of drug-likeness (QED) is 0.627. The third-order valence-electron chi connectivity index (χ3n) is 3.42. The fourth-order valence-electron chi connectivity index (χ4n) is 1.98. The molecular weight excluding hydrogens is 288 g/mol. The third kappa shape index (κ3) is 2.41. The molecule has 0 fully saturated rings. The van der Waals surface area contributed by atoms with Crippen LogP contribution in [0.1, 0.15) is 17.3 Å². The van der Waals surface area contributed by atoms with Gasteiger partial charge in [-0.2, -0.15) is 0 Å². The van der Waals surface area contributed by atoms with E-state index in [1.165, 1.54) is 24.1 Å². The number of carbonyl (C=O) groups is 1. The minimum atomic E-state index is -0.723. The van der Waals surface area contributed by atoms with Crippen molar-refractivity contribution in [3.05, 3.63) is 44.2 Å². The molecular formula is C15H16N2O5. The van der Waals surface area contributed by atoms with Gasteiger partial charge in [0.25, 0.3) is 16.8 Å². The van der Waals surface area contributed by atoms with Crippen molar-refractivity contribution in [3.63, 3.8) is 0 Å². The molecule has 0 aromatic heterocycles. The Balaban J connectivity index is 2.38. The topological polar surface area (TPSA) is 95.9 Å². The van der Waals surface area contributed by atoms with Crippen LogP contribution >= 0.6 is 0 Å². The fourth-order valence-corrected chi connectivity index (χ4v) is 1.98. The number of amides is 1. The maximum atomic E-state index is 12.1. The second kappa shape index (κ2) is 5.88. The summed E-state index contributed by atoms with van der Waals surface area (Å²) in [4.78, 5) is 36.4. The molecule has 0 aliphatic carbocycles. The number of phenols is 1. The number of hydrogen-bond acceptors (Lipinski definition) is 6. The summed E-state index contributed by atoms with van der Waals surface area (Å²) in [6.45, 7) is 2.30. The highest BCUT2D eigenvalue weighted by atomic mass is 16.5. The molecule has 0 saturated heterocycles. The van der Waals surface area contributed by atoms with Crippen LogP contribution in [-0.2, 0) is 0 Å². The number of benzene rings is 1. The Morgan fingerprint density at radius 1 is 1.32 bits per heavy atom. The predicted octanol–water partition coefficient (Wildman–Crippen LogP) is 0.832. The van der Waals surface area contributed by atoms with Gasteiger partial charge in [0.1, 0.15) is 5.69 Å². The minimum absolute atomic E-state index is 0.0313. The standard InChI is InChI=1S/C15H16N2O5/c1-4-17(2)15(21)8-6-5-7-9(11(8)18)16-10-12(19)13(20)14(10)22-3/h5-7,16,18H,4H2,1-3H3. The molecule has 0 radical (unpaired) electrons. The van der Waals surface area contributed by atoms with Crippen LogP contribution < -0.4 is 20.9 Å². The van der Waals surface area contributed by atoms with Gasteiger partial charge in [0.05, 0.1) is 18.4 Å². The maximum absolute atomic E-state index is 12.1. The molecule has 0 spiro atoms. The number of phenolic OH excluding ortho intramolecular Hbond substituents is 1. The van der Waals surface area contributed by atoms with Gasteiger partial charge in [0.2, 0.25) is 0 Å². The molecule has 7 heteroatoms. The number of hydrogen-bond donors (Lipinski definition) is 2. The Morgan fingerprint density at radius 3 is 2.59 bits per heavy atom. The lowest BCUT2D eigenvalue weighted by atomic mass is 10.1. The summed E-state index contributed by atoms with van der Waals surface area (Å²) in [6, 6.07) is 4.54. The van der Waals surface area contributed by atoms with E-state index in [1.807, 2.05) is 6.92 Å². The Hall–Kier alpha value is -2.83. The van der Waals surface area contributed by atoms with E-state index in [0.29, 0.717) is 6.54 Å². The molecule has 0 heterocycles. The van der Waals surface area contributed by atoms with E-state index in [9.17, 15) is 19.5 Å². The van der Waals surface area contributed by atoms with E-state index in [0.717, 1.165) is 0 Å². The fraction of sp³-hybridized carbons (Fsp3) is 0.267. The number of carbonyl (C=O) groups excluding carboxylic acids is 1. The van der Waals surface area contributed by atoms with Crippen molar-refractivity contribution in [2.75, 3.05) is 26.0 Å². The molecule has 0 unspecified atom stereocenters. The number of methoxy groups -OCH3 is 1. The van der Waals surface area contributed by atoms with Crippen molar-refractivity contribution in [1.82, 2.24) is 4.90 Å². The highest BCUT2D eigenvalue weighted by molar-refractivity contribution is 5.99. The normalized spacial score (nSPS) is 10.5. The van der Waals surface area contributed by atoms with Crippen LogP contribution in [0.15, 0.2) is 27.8 Å². The van der Waals surface area contributed by atoms with Gasteiger partial charge < -0.3 is 20.1 Å². The average Bonchev–Trinajstić information content (AvgIpc) is 2.54. The van der Waals surface area contributed by atoms with Crippen LogP contribution in [0.2, 0.25) is 0 Å². The van der Waals surface area contributed by atoms with Crippen molar-refractivity contribution in [2.45, 2.75) is 6.92 Å². The van der Waals surface area contributed by atoms with Crippen LogP contribution in [0.4, 0.5) is 11.4 Å². The second-order valence-corrected chi connectivity index (χ2v) is 4.71. The molecule has 0 aliphatic rings. The predicted molar refractivity (Wildman–Crippen MR) is 81.9 cm³/mol. The molecule has 1 amide bonds. The summed E-state index contributed by atoms with van der Waals surface area (Å²) in [5, 5.41) is 12.9. The minimum Gasteiger partial charge on any atom is -0.505 e. The van der Waals surface area contributed by atoms with Crippen LogP contribution in [0.3, 0.4) is 0 Å². The Bertz CT molecular complexity index is 790. The summed E-state index contributed by atoms with van der Waals surface area (Å²) in [5.74, 6) is -0.727. The van der Waals surface area contributed by atoms with Crippen LogP contribution in [0.5, 0.6) is 11.5 Å². The SMILES string of the molecule is CCN(C)C(=O)c1cccc(Nc2c(OC)c(=O)c2=O)c1O. The third-order valence-corrected chi connectivity index (χ3v) is 3.42. The van der Waals surface area contributed by atoms with Gasteiger partial charge in [-0.15, -0.1) is 0 Å². The molecule has 116 valence electrons.